The van der Waals surface area contributed by atoms with Gasteiger partial charge in [-0.2, -0.15) is 0 Å². The Kier molecular flexibility index (Phi) is 5.40. The lowest BCUT2D eigenvalue weighted by Gasteiger charge is -2.37. The fraction of sp³-hybridized carbons (Fsp3) is 0.450. The standard InChI is InChI=1S/C20H24N4O4/c1-2-26-17-5-3-16(4-6-17)23-18(25)15-13-21-19(22-14-15)24-9-7-20(8-10-24)27-11-12-28-20/h3-6,13-14H,2,7-12H2,1H3,(H,23,25). The van der Waals surface area contributed by atoms with Crippen LogP contribution in [0.5, 0.6) is 5.75 Å². The van der Waals surface area contributed by atoms with Gasteiger partial charge in [0, 0.05) is 44.0 Å². The fourth-order valence-electron chi connectivity index (χ4n) is 3.44. The van der Waals surface area contributed by atoms with E-state index in [-0.39, 0.29) is 5.91 Å². The van der Waals surface area contributed by atoms with Crippen LogP contribution in [-0.4, -0.2) is 54.6 Å². The molecule has 0 bridgehead atoms. The summed E-state index contributed by atoms with van der Waals surface area (Å²) in [5.41, 5.74) is 1.10. The second kappa shape index (κ2) is 8.12. The van der Waals surface area contributed by atoms with Crippen LogP contribution in [0.15, 0.2) is 36.7 Å². The number of hydrogen-bond acceptors (Lipinski definition) is 7. The van der Waals surface area contributed by atoms with Crippen LogP contribution >= 0.6 is 0 Å². The molecular weight excluding hydrogens is 360 g/mol. The van der Waals surface area contributed by atoms with Crippen LogP contribution in [0.2, 0.25) is 0 Å². The summed E-state index contributed by atoms with van der Waals surface area (Å²) >= 11 is 0. The van der Waals surface area contributed by atoms with Crippen LogP contribution in [0.25, 0.3) is 0 Å². The zero-order valence-corrected chi connectivity index (χ0v) is 15.9. The molecule has 0 radical (unpaired) electrons. The van der Waals surface area contributed by atoms with E-state index >= 15 is 0 Å². The van der Waals surface area contributed by atoms with E-state index < -0.39 is 5.79 Å². The van der Waals surface area contributed by atoms with Crippen molar-refractivity contribution in [3.63, 3.8) is 0 Å². The van der Waals surface area contributed by atoms with Crippen molar-refractivity contribution in [1.29, 1.82) is 0 Å². The molecule has 0 unspecified atom stereocenters. The highest BCUT2D eigenvalue weighted by molar-refractivity contribution is 6.03. The first-order chi connectivity index (χ1) is 13.7. The normalized spacial score (nSPS) is 18.2. The number of rotatable bonds is 5. The molecule has 1 aromatic heterocycles. The third kappa shape index (κ3) is 4.07. The molecule has 4 rings (SSSR count). The second-order valence-corrected chi connectivity index (χ2v) is 6.78. The maximum absolute atomic E-state index is 12.4. The van der Waals surface area contributed by atoms with Gasteiger partial charge in [-0.1, -0.05) is 0 Å². The molecule has 2 aliphatic heterocycles. The molecule has 8 nitrogen and oxygen atoms in total. The van der Waals surface area contributed by atoms with Crippen molar-refractivity contribution in [2.75, 3.05) is 43.1 Å². The number of aromatic nitrogens is 2. The van der Waals surface area contributed by atoms with Gasteiger partial charge in [0.15, 0.2) is 5.79 Å². The van der Waals surface area contributed by atoms with Crippen molar-refractivity contribution >= 4 is 17.5 Å². The van der Waals surface area contributed by atoms with Crippen LogP contribution in [-0.2, 0) is 9.47 Å². The summed E-state index contributed by atoms with van der Waals surface area (Å²) < 4.78 is 16.9. The zero-order valence-electron chi connectivity index (χ0n) is 15.9. The summed E-state index contributed by atoms with van der Waals surface area (Å²) in [4.78, 5) is 23.2. The monoisotopic (exact) mass is 384 g/mol. The van der Waals surface area contributed by atoms with Gasteiger partial charge < -0.3 is 24.4 Å². The van der Waals surface area contributed by atoms with Gasteiger partial charge in [-0.15, -0.1) is 0 Å². The third-order valence-corrected chi connectivity index (χ3v) is 4.95. The number of nitrogens with one attached hydrogen (secondary N) is 1. The minimum atomic E-state index is -0.423. The van der Waals surface area contributed by atoms with E-state index in [9.17, 15) is 4.79 Å². The molecule has 2 aromatic rings. The largest absolute Gasteiger partial charge is 0.494 e. The van der Waals surface area contributed by atoms with E-state index in [1.807, 2.05) is 19.1 Å². The molecule has 2 fully saturated rings. The smallest absolute Gasteiger partial charge is 0.258 e. The Balaban J connectivity index is 1.34. The van der Waals surface area contributed by atoms with Crippen LogP contribution < -0.4 is 15.0 Å². The maximum Gasteiger partial charge on any atom is 0.258 e. The highest BCUT2D eigenvalue weighted by Gasteiger charge is 2.40. The first-order valence-corrected chi connectivity index (χ1v) is 9.57. The van der Waals surface area contributed by atoms with Crippen molar-refractivity contribution in [1.82, 2.24) is 9.97 Å². The summed E-state index contributed by atoms with van der Waals surface area (Å²) in [6, 6.07) is 7.24. The minimum absolute atomic E-state index is 0.249. The average molecular weight is 384 g/mol. The van der Waals surface area contributed by atoms with Crippen molar-refractivity contribution < 1.29 is 19.0 Å². The third-order valence-electron chi connectivity index (χ3n) is 4.95. The molecule has 0 saturated carbocycles. The molecule has 2 saturated heterocycles. The molecule has 0 atom stereocenters. The number of carbonyl (C=O) groups is 1. The number of nitrogens with zero attached hydrogens (tertiary/aromatic N) is 3. The van der Waals surface area contributed by atoms with Gasteiger partial charge in [0.1, 0.15) is 5.75 Å². The van der Waals surface area contributed by atoms with Crippen LogP contribution in [0.3, 0.4) is 0 Å². The molecule has 1 N–H and O–H groups in total. The number of carbonyl (C=O) groups excluding carboxylic acids is 1. The van der Waals surface area contributed by atoms with Gasteiger partial charge >= 0.3 is 0 Å². The molecule has 8 heteroatoms. The zero-order chi connectivity index (χ0) is 19.4. The molecule has 1 spiro atoms. The number of amides is 1. The van der Waals surface area contributed by atoms with E-state index in [4.69, 9.17) is 14.2 Å². The highest BCUT2D eigenvalue weighted by atomic mass is 16.7. The van der Waals surface area contributed by atoms with E-state index in [0.29, 0.717) is 37.0 Å². The topological polar surface area (TPSA) is 85.8 Å². The number of anilines is 2. The Morgan fingerprint density at radius 1 is 1.14 bits per heavy atom. The predicted molar refractivity (Wildman–Crippen MR) is 104 cm³/mol. The van der Waals surface area contributed by atoms with Crippen molar-refractivity contribution in [3.05, 3.63) is 42.2 Å². The summed E-state index contributed by atoms with van der Waals surface area (Å²) in [6.45, 7) is 5.38. The maximum atomic E-state index is 12.4. The lowest BCUT2D eigenvalue weighted by atomic mass is 10.0. The van der Waals surface area contributed by atoms with E-state index in [1.54, 1.807) is 24.5 Å². The Morgan fingerprint density at radius 2 is 1.79 bits per heavy atom. The summed E-state index contributed by atoms with van der Waals surface area (Å²) in [5, 5.41) is 2.84. The summed E-state index contributed by atoms with van der Waals surface area (Å²) in [6.07, 6.45) is 4.69. The van der Waals surface area contributed by atoms with Crippen molar-refractivity contribution in [2.24, 2.45) is 0 Å². The molecule has 2 aliphatic rings. The van der Waals surface area contributed by atoms with Gasteiger partial charge in [-0.25, -0.2) is 9.97 Å². The number of benzene rings is 1. The lowest BCUT2D eigenvalue weighted by Crippen LogP contribution is -2.45. The Morgan fingerprint density at radius 3 is 2.39 bits per heavy atom. The van der Waals surface area contributed by atoms with Gasteiger partial charge in [-0.3, -0.25) is 4.79 Å². The summed E-state index contributed by atoms with van der Waals surface area (Å²) in [5.74, 6) is 0.713. The number of piperidine rings is 1. The number of ether oxygens (including phenoxy) is 3. The second-order valence-electron chi connectivity index (χ2n) is 6.78. The van der Waals surface area contributed by atoms with Crippen LogP contribution in [0.1, 0.15) is 30.1 Å². The van der Waals surface area contributed by atoms with E-state index in [2.05, 4.69) is 20.2 Å². The fourth-order valence-corrected chi connectivity index (χ4v) is 3.44. The molecular formula is C20H24N4O4. The molecule has 1 aromatic carbocycles. The highest BCUT2D eigenvalue weighted by Crippen LogP contribution is 2.32. The summed E-state index contributed by atoms with van der Waals surface area (Å²) in [7, 11) is 0. The van der Waals surface area contributed by atoms with Gasteiger partial charge in [0.25, 0.3) is 5.91 Å². The van der Waals surface area contributed by atoms with Gasteiger partial charge in [0.05, 0.1) is 25.4 Å². The molecule has 1 amide bonds. The van der Waals surface area contributed by atoms with Gasteiger partial charge in [0.2, 0.25) is 5.95 Å². The number of hydrogen-bond donors (Lipinski definition) is 1. The van der Waals surface area contributed by atoms with Gasteiger partial charge in [-0.05, 0) is 31.2 Å². The predicted octanol–water partition coefficient (Wildman–Crippen LogP) is 2.47. The minimum Gasteiger partial charge on any atom is -0.494 e. The first-order valence-electron chi connectivity index (χ1n) is 9.57. The Bertz CT molecular complexity index is 794. The Labute approximate surface area is 163 Å². The quantitative estimate of drug-likeness (QED) is 0.847. The van der Waals surface area contributed by atoms with Crippen LogP contribution in [0, 0.1) is 0 Å². The average Bonchev–Trinajstić information content (AvgIpc) is 3.18. The molecule has 3 heterocycles. The molecule has 148 valence electrons. The van der Waals surface area contributed by atoms with E-state index in [1.165, 1.54) is 0 Å². The first kappa shape index (κ1) is 18.6. The van der Waals surface area contributed by atoms with Crippen molar-refractivity contribution in [2.45, 2.75) is 25.6 Å². The van der Waals surface area contributed by atoms with E-state index in [0.717, 1.165) is 31.7 Å². The SMILES string of the molecule is CCOc1ccc(NC(=O)c2cnc(N3CCC4(CC3)OCCO4)nc2)cc1. The molecule has 28 heavy (non-hydrogen) atoms. The van der Waals surface area contributed by atoms with Crippen LogP contribution in [0.4, 0.5) is 11.6 Å². The Hall–Kier alpha value is -2.71. The van der Waals surface area contributed by atoms with Crippen molar-refractivity contribution in [3.8, 4) is 5.75 Å². The molecule has 0 aliphatic carbocycles. The lowest BCUT2D eigenvalue weighted by molar-refractivity contribution is -0.169.